The van der Waals surface area contributed by atoms with Gasteiger partial charge >= 0.3 is 0 Å². The van der Waals surface area contributed by atoms with Gasteiger partial charge in [-0.25, -0.2) is 0 Å². The zero-order chi connectivity index (χ0) is 14.3. The van der Waals surface area contributed by atoms with Crippen molar-refractivity contribution in [3.05, 3.63) is 0 Å². The molecule has 0 aromatic carbocycles. The summed E-state index contributed by atoms with van der Waals surface area (Å²) in [6, 6.07) is 0. The molecule has 1 rings (SSSR count). The van der Waals surface area contributed by atoms with E-state index in [0.29, 0.717) is 0 Å². The van der Waals surface area contributed by atoms with Crippen LogP contribution in [0, 0.1) is 11.8 Å². The van der Waals surface area contributed by atoms with Crippen LogP contribution in [0.25, 0.3) is 0 Å². The number of unbranched alkanes of at least 4 members (excludes halogenated alkanes) is 6. The highest BCUT2D eigenvalue weighted by Crippen LogP contribution is 2.14. The molecule has 0 radical (unpaired) electrons. The van der Waals surface area contributed by atoms with E-state index in [1.54, 1.807) is 0 Å². The van der Waals surface area contributed by atoms with Crippen LogP contribution in [0.2, 0.25) is 0 Å². The minimum Gasteiger partial charge on any atom is -0.396 e. The van der Waals surface area contributed by atoms with Gasteiger partial charge in [0.05, 0.1) is 0 Å². The Morgan fingerprint density at radius 3 is 2.45 bits per heavy atom. The van der Waals surface area contributed by atoms with E-state index in [9.17, 15) is 0 Å². The Bertz CT molecular complexity index is 261. The average Bonchev–Trinajstić information content (AvgIpc) is 2.49. The van der Waals surface area contributed by atoms with E-state index in [1.807, 2.05) is 0 Å². The standard InChI is InChI=1S/C17H30O3/c18-14-10-7-5-3-1-2-4-6-8-11-15-19-17-13-9-12-16-20-17/h17-18H,1-2,4,6-16H2/t17-/m1/s1. The summed E-state index contributed by atoms with van der Waals surface area (Å²) in [5.41, 5.74) is 0. The topological polar surface area (TPSA) is 38.7 Å². The predicted molar refractivity (Wildman–Crippen MR) is 81.3 cm³/mol. The van der Waals surface area contributed by atoms with Gasteiger partial charge in [-0.1, -0.05) is 19.3 Å². The first-order valence-electron chi connectivity index (χ1n) is 8.23. The van der Waals surface area contributed by atoms with E-state index in [0.717, 1.165) is 45.3 Å². The molecule has 0 bridgehead atoms. The summed E-state index contributed by atoms with van der Waals surface area (Å²) in [6.45, 7) is 1.96. The zero-order valence-corrected chi connectivity index (χ0v) is 12.7. The van der Waals surface area contributed by atoms with Crippen molar-refractivity contribution in [2.45, 2.75) is 76.9 Å². The van der Waals surface area contributed by atoms with Gasteiger partial charge in [0, 0.05) is 32.7 Å². The van der Waals surface area contributed by atoms with Crippen LogP contribution in [0.1, 0.15) is 70.6 Å². The molecule has 0 unspecified atom stereocenters. The number of hydrogen-bond acceptors (Lipinski definition) is 3. The second-order valence-corrected chi connectivity index (χ2v) is 5.37. The Morgan fingerprint density at radius 2 is 1.70 bits per heavy atom. The third-order valence-electron chi connectivity index (χ3n) is 3.47. The first-order valence-corrected chi connectivity index (χ1v) is 8.23. The normalized spacial score (nSPS) is 18.6. The number of ether oxygens (including phenoxy) is 2. The highest BCUT2D eigenvalue weighted by atomic mass is 16.7. The maximum Gasteiger partial charge on any atom is 0.157 e. The van der Waals surface area contributed by atoms with Gasteiger partial charge in [-0.3, -0.25) is 0 Å². The fourth-order valence-electron chi connectivity index (χ4n) is 2.25. The Kier molecular flexibility index (Phi) is 11.7. The number of aliphatic hydroxyl groups excluding tert-OH is 1. The Hall–Kier alpha value is -0.560. The molecule has 1 saturated heterocycles. The maximum atomic E-state index is 8.61. The summed E-state index contributed by atoms with van der Waals surface area (Å²) >= 11 is 0. The third-order valence-corrected chi connectivity index (χ3v) is 3.47. The summed E-state index contributed by atoms with van der Waals surface area (Å²) in [4.78, 5) is 0. The summed E-state index contributed by atoms with van der Waals surface area (Å²) in [7, 11) is 0. The first kappa shape index (κ1) is 17.5. The van der Waals surface area contributed by atoms with Crippen LogP contribution in [-0.2, 0) is 9.47 Å². The van der Waals surface area contributed by atoms with E-state index < -0.39 is 0 Å². The molecule has 20 heavy (non-hydrogen) atoms. The van der Waals surface area contributed by atoms with Gasteiger partial charge < -0.3 is 14.6 Å². The van der Waals surface area contributed by atoms with Crippen molar-refractivity contribution in [1.82, 2.24) is 0 Å². The fraction of sp³-hybridized carbons (Fsp3) is 0.882. The minimum atomic E-state index is 0.0675. The Morgan fingerprint density at radius 1 is 0.950 bits per heavy atom. The van der Waals surface area contributed by atoms with Crippen LogP contribution in [0.4, 0.5) is 0 Å². The minimum absolute atomic E-state index is 0.0675. The van der Waals surface area contributed by atoms with Gasteiger partial charge in [0.15, 0.2) is 6.29 Å². The lowest BCUT2D eigenvalue weighted by molar-refractivity contribution is -0.162. The fourth-order valence-corrected chi connectivity index (χ4v) is 2.25. The average molecular weight is 282 g/mol. The lowest BCUT2D eigenvalue weighted by Gasteiger charge is -2.22. The van der Waals surface area contributed by atoms with Crippen molar-refractivity contribution in [3.63, 3.8) is 0 Å². The molecule has 1 aliphatic rings. The van der Waals surface area contributed by atoms with Crippen molar-refractivity contribution >= 4 is 0 Å². The molecular weight excluding hydrogens is 252 g/mol. The highest BCUT2D eigenvalue weighted by Gasteiger charge is 2.13. The number of hydrogen-bond donors (Lipinski definition) is 1. The summed E-state index contributed by atoms with van der Waals surface area (Å²) in [6.07, 6.45) is 12.3. The first-order chi connectivity index (χ1) is 9.93. The molecule has 1 atom stereocenters. The zero-order valence-electron chi connectivity index (χ0n) is 12.7. The quantitative estimate of drug-likeness (QED) is 0.491. The lowest BCUT2D eigenvalue weighted by atomic mass is 10.1. The second-order valence-electron chi connectivity index (χ2n) is 5.37. The van der Waals surface area contributed by atoms with Crippen LogP contribution < -0.4 is 0 Å². The van der Waals surface area contributed by atoms with Crippen LogP contribution in [0.15, 0.2) is 0 Å². The van der Waals surface area contributed by atoms with Crippen LogP contribution >= 0.6 is 0 Å². The predicted octanol–water partition coefficient (Wildman–Crippen LogP) is 3.65. The van der Waals surface area contributed by atoms with Gasteiger partial charge in [-0.05, 0) is 38.5 Å². The molecule has 1 aliphatic heterocycles. The molecule has 1 N–H and O–H groups in total. The molecule has 1 fully saturated rings. The van der Waals surface area contributed by atoms with E-state index in [1.165, 1.54) is 38.5 Å². The smallest absolute Gasteiger partial charge is 0.157 e. The molecule has 3 heteroatoms. The van der Waals surface area contributed by atoms with Gasteiger partial charge in [0.25, 0.3) is 0 Å². The van der Waals surface area contributed by atoms with Gasteiger partial charge in [-0.15, -0.1) is 11.8 Å². The molecule has 0 saturated carbocycles. The highest BCUT2D eigenvalue weighted by molar-refractivity contribution is 4.98. The molecule has 0 aromatic rings. The molecule has 0 aliphatic carbocycles. The van der Waals surface area contributed by atoms with E-state index >= 15 is 0 Å². The third kappa shape index (κ3) is 10.3. The van der Waals surface area contributed by atoms with E-state index in [4.69, 9.17) is 14.6 Å². The Labute approximate surface area is 124 Å². The summed E-state index contributed by atoms with van der Waals surface area (Å²) in [5.74, 6) is 6.25. The summed E-state index contributed by atoms with van der Waals surface area (Å²) in [5, 5.41) is 8.61. The van der Waals surface area contributed by atoms with Crippen molar-refractivity contribution in [1.29, 1.82) is 0 Å². The SMILES string of the molecule is OCCCC#CCCCCCCCO[C@H]1CCCCO1. The number of aliphatic hydroxyl groups is 1. The van der Waals surface area contributed by atoms with E-state index in [2.05, 4.69) is 11.8 Å². The molecule has 1 heterocycles. The van der Waals surface area contributed by atoms with Crippen LogP contribution in [-0.4, -0.2) is 31.2 Å². The van der Waals surface area contributed by atoms with Crippen molar-refractivity contribution < 1.29 is 14.6 Å². The molecular formula is C17H30O3. The van der Waals surface area contributed by atoms with Gasteiger partial charge in [0.1, 0.15) is 0 Å². The van der Waals surface area contributed by atoms with E-state index in [-0.39, 0.29) is 12.9 Å². The van der Waals surface area contributed by atoms with Crippen LogP contribution in [0.5, 0.6) is 0 Å². The number of rotatable bonds is 10. The van der Waals surface area contributed by atoms with Crippen LogP contribution in [0.3, 0.4) is 0 Å². The maximum absolute atomic E-state index is 8.61. The van der Waals surface area contributed by atoms with Crippen molar-refractivity contribution in [2.75, 3.05) is 19.8 Å². The van der Waals surface area contributed by atoms with Gasteiger partial charge in [0.2, 0.25) is 0 Å². The molecule has 0 spiro atoms. The molecule has 0 amide bonds. The summed E-state index contributed by atoms with van der Waals surface area (Å²) < 4.78 is 11.2. The van der Waals surface area contributed by atoms with Gasteiger partial charge in [-0.2, -0.15) is 0 Å². The lowest BCUT2D eigenvalue weighted by Crippen LogP contribution is -2.22. The monoisotopic (exact) mass is 282 g/mol. The second kappa shape index (κ2) is 13.4. The molecule has 3 nitrogen and oxygen atoms in total. The Balaban J connectivity index is 1.76. The largest absolute Gasteiger partial charge is 0.396 e. The molecule has 0 aromatic heterocycles. The van der Waals surface area contributed by atoms with Crippen molar-refractivity contribution in [2.24, 2.45) is 0 Å². The molecule has 116 valence electrons. The van der Waals surface area contributed by atoms with Crippen molar-refractivity contribution in [3.8, 4) is 11.8 Å².